The standard InChI is InChI=1S/C25H21N3O3/c29-23(19-7-3-1-4-8-19)15-17-26-22-13-11-21(12-14-22)25(31)28-27-18-16-24(30)20-9-5-2-6-10-20/h1-18,26-27H,(H,28,31)/b17-15+,18-16+. The van der Waals surface area contributed by atoms with Crippen molar-refractivity contribution in [3.63, 3.8) is 0 Å². The van der Waals surface area contributed by atoms with Crippen molar-refractivity contribution in [1.82, 2.24) is 10.9 Å². The van der Waals surface area contributed by atoms with Gasteiger partial charge in [0.25, 0.3) is 5.91 Å². The second-order valence-electron chi connectivity index (χ2n) is 6.45. The van der Waals surface area contributed by atoms with Crippen LogP contribution in [0.15, 0.2) is 109 Å². The Morgan fingerprint density at radius 1 is 0.581 bits per heavy atom. The fraction of sp³-hybridized carbons (Fsp3) is 0. The van der Waals surface area contributed by atoms with Crippen molar-refractivity contribution < 1.29 is 14.4 Å². The molecule has 3 aromatic carbocycles. The summed E-state index contributed by atoms with van der Waals surface area (Å²) in [7, 11) is 0. The predicted octanol–water partition coefficient (Wildman–Crippen LogP) is 4.13. The molecule has 0 saturated heterocycles. The van der Waals surface area contributed by atoms with Crippen molar-refractivity contribution in [2.24, 2.45) is 0 Å². The number of ketones is 2. The van der Waals surface area contributed by atoms with E-state index in [4.69, 9.17) is 0 Å². The van der Waals surface area contributed by atoms with Crippen LogP contribution in [0.3, 0.4) is 0 Å². The summed E-state index contributed by atoms with van der Waals surface area (Å²) in [5.74, 6) is -0.622. The van der Waals surface area contributed by atoms with Gasteiger partial charge in [0, 0.05) is 46.9 Å². The van der Waals surface area contributed by atoms with Crippen LogP contribution in [0.25, 0.3) is 0 Å². The van der Waals surface area contributed by atoms with E-state index in [1.165, 1.54) is 18.4 Å². The molecule has 0 aromatic heterocycles. The second kappa shape index (κ2) is 10.9. The molecule has 0 aliphatic carbocycles. The van der Waals surface area contributed by atoms with Crippen LogP contribution in [-0.4, -0.2) is 17.5 Å². The average molecular weight is 411 g/mol. The van der Waals surface area contributed by atoms with Crippen molar-refractivity contribution in [3.05, 3.63) is 126 Å². The number of amides is 1. The second-order valence-corrected chi connectivity index (χ2v) is 6.45. The molecule has 0 fully saturated rings. The minimum Gasteiger partial charge on any atom is -0.362 e. The Morgan fingerprint density at radius 2 is 1.10 bits per heavy atom. The van der Waals surface area contributed by atoms with E-state index in [-0.39, 0.29) is 17.5 Å². The van der Waals surface area contributed by atoms with Gasteiger partial charge in [-0.05, 0) is 24.3 Å². The molecule has 154 valence electrons. The number of nitrogens with one attached hydrogen (secondary N) is 3. The van der Waals surface area contributed by atoms with Gasteiger partial charge in [0.2, 0.25) is 0 Å². The Bertz CT molecular complexity index is 1090. The highest BCUT2D eigenvalue weighted by atomic mass is 16.2. The summed E-state index contributed by atoms with van der Waals surface area (Å²) in [6.07, 6.45) is 5.72. The molecule has 0 unspecified atom stereocenters. The van der Waals surface area contributed by atoms with E-state index in [1.54, 1.807) is 66.9 Å². The molecule has 6 heteroatoms. The van der Waals surface area contributed by atoms with Gasteiger partial charge in [-0.25, -0.2) is 0 Å². The lowest BCUT2D eigenvalue weighted by Crippen LogP contribution is -2.33. The molecule has 31 heavy (non-hydrogen) atoms. The minimum atomic E-state index is -0.349. The summed E-state index contributed by atoms with van der Waals surface area (Å²) in [4.78, 5) is 36.1. The summed E-state index contributed by atoms with van der Waals surface area (Å²) >= 11 is 0. The largest absolute Gasteiger partial charge is 0.362 e. The van der Waals surface area contributed by atoms with Gasteiger partial charge in [0.15, 0.2) is 11.6 Å². The number of benzene rings is 3. The van der Waals surface area contributed by atoms with Crippen LogP contribution in [0, 0.1) is 0 Å². The highest BCUT2D eigenvalue weighted by Crippen LogP contribution is 2.10. The Labute approximate surface area is 180 Å². The zero-order valence-electron chi connectivity index (χ0n) is 16.6. The Balaban J connectivity index is 1.45. The van der Waals surface area contributed by atoms with Crippen molar-refractivity contribution in [2.45, 2.75) is 0 Å². The quantitative estimate of drug-likeness (QED) is 0.280. The van der Waals surface area contributed by atoms with Crippen LogP contribution in [0.1, 0.15) is 31.1 Å². The smallest absolute Gasteiger partial charge is 0.269 e. The summed E-state index contributed by atoms with van der Waals surface area (Å²) in [5, 5.41) is 2.99. The third-order valence-corrected chi connectivity index (χ3v) is 4.25. The monoisotopic (exact) mass is 411 g/mol. The third-order valence-electron chi connectivity index (χ3n) is 4.25. The fourth-order valence-corrected chi connectivity index (χ4v) is 2.63. The molecule has 0 saturated carbocycles. The van der Waals surface area contributed by atoms with E-state index in [0.717, 1.165) is 5.69 Å². The topological polar surface area (TPSA) is 87.3 Å². The molecule has 3 rings (SSSR count). The zero-order valence-corrected chi connectivity index (χ0v) is 16.6. The maximum absolute atomic E-state index is 12.2. The molecule has 0 aliphatic heterocycles. The first kappa shape index (κ1) is 21.3. The van der Waals surface area contributed by atoms with E-state index >= 15 is 0 Å². The van der Waals surface area contributed by atoms with Crippen molar-refractivity contribution in [3.8, 4) is 0 Å². The van der Waals surface area contributed by atoms with Gasteiger partial charge in [-0.3, -0.25) is 19.8 Å². The number of hydrazine groups is 1. The lowest BCUT2D eigenvalue weighted by atomic mass is 10.1. The molecular formula is C25H21N3O3. The number of carbonyl (C=O) groups is 3. The van der Waals surface area contributed by atoms with Gasteiger partial charge in [-0.1, -0.05) is 60.7 Å². The first-order valence-electron chi connectivity index (χ1n) is 9.58. The summed E-state index contributed by atoms with van der Waals surface area (Å²) in [5.41, 5.74) is 7.43. The van der Waals surface area contributed by atoms with Gasteiger partial charge < -0.3 is 10.7 Å². The molecule has 0 radical (unpaired) electrons. The van der Waals surface area contributed by atoms with Gasteiger partial charge in [-0.15, -0.1) is 0 Å². The van der Waals surface area contributed by atoms with E-state index in [2.05, 4.69) is 16.2 Å². The van der Waals surface area contributed by atoms with Crippen molar-refractivity contribution >= 4 is 23.2 Å². The lowest BCUT2D eigenvalue weighted by Gasteiger charge is -2.06. The molecule has 1 amide bonds. The minimum absolute atomic E-state index is 0.103. The molecule has 0 atom stereocenters. The Kier molecular flexibility index (Phi) is 7.49. The molecule has 0 spiro atoms. The van der Waals surface area contributed by atoms with Gasteiger partial charge in [0.05, 0.1) is 0 Å². The average Bonchev–Trinajstić information content (AvgIpc) is 2.83. The summed E-state index contributed by atoms with van der Waals surface area (Å²) in [6.45, 7) is 0. The Morgan fingerprint density at radius 3 is 1.65 bits per heavy atom. The summed E-state index contributed by atoms with van der Waals surface area (Å²) in [6, 6.07) is 24.5. The SMILES string of the molecule is O=C(/C=C/NNC(=O)c1ccc(N/C=C/C(=O)c2ccccc2)cc1)c1ccccc1. The number of hydrogen-bond donors (Lipinski definition) is 3. The van der Waals surface area contributed by atoms with Crippen molar-refractivity contribution in [1.29, 1.82) is 0 Å². The van der Waals surface area contributed by atoms with Crippen molar-refractivity contribution in [2.75, 3.05) is 5.32 Å². The molecular weight excluding hydrogens is 390 g/mol. The summed E-state index contributed by atoms with van der Waals surface area (Å²) < 4.78 is 0. The van der Waals surface area contributed by atoms with E-state index in [9.17, 15) is 14.4 Å². The first-order valence-corrected chi connectivity index (χ1v) is 9.58. The maximum Gasteiger partial charge on any atom is 0.269 e. The van der Waals surface area contributed by atoms with Gasteiger partial charge in [0.1, 0.15) is 0 Å². The van der Waals surface area contributed by atoms with E-state index in [1.807, 2.05) is 24.3 Å². The third kappa shape index (κ3) is 6.54. The molecule has 0 bridgehead atoms. The van der Waals surface area contributed by atoms with Crippen LogP contribution in [-0.2, 0) is 0 Å². The molecule has 0 aliphatic rings. The highest BCUT2D eigenvalue weighted by Gasteiger charge is 2.04. The first-order chi connectivity index (χ1) is 15.1. The maximum atomic E-state index is 12.2. The van der Waals surface area contributed by atoms with E-state index < -0.39 is 0 Å². The van der Waals surface area contributed by atoms with Crippen LogP contribution >= 0.6 is 0 Å². The van der Waals surface area contributed by atoms with Gasteiger partial charge >= 0.3 is 0 Å². The number of hydrogen-bond acceptors (Lipinski definition) is 5. The number of carbonyl (C=O) groups excluding carboxylic acids is 3. The number of allylic oxidation sites excluding steroid dienone is 2. The normalized spacial score (nSPS) is 10.7. The van der Waals surface area contributed by atoms with Crippen LogP contribution in [0.4, 0.5) is 5.69 Å². The van der Waals surface area contributed by atoms with Crippen LogP contribution in [0.5, 0.6) is 0 Å². The zero-order chi connectivity index (χ0) is 21.9. The Hall–Kier alpha value is -4.45. The predicted molar refractivity (Wildman–Crippen MR) is 120 cm³/mol. The molecule has 0 heterocycles. The van der Waals surface area contributed by atoms with Crippen LogP contribution < -0.4 is 16.2 Å². The number of anilines is 1. The molecule has 3 N–H and O–H groups in total. The fourth-order valence-electron chi connectivity index (χ4n) is 2.63. The van der Waals surface area contributed by atoms with Crippen LogP contribution in [0.2, 0.25) is 0 Å². The highest BCUT2D eigenvalue weighted by molar-refractivity contribution is 6.05. The molecule has 6 nitrogen and oxygen atoms in total. The number of rotatable bonds is 9. The van der Waals surface area contributed by atoms with Gasteiger partial charge in [-0.2, -0.15) is 0 Å². The molecule has 3 aromatic rings. The van der Waals surface area contributed by atoms with E-state index in [0.29, 0.717) is 16.7 Å². The lowest BCUT2D eigenvalue weighted by molar-refractivity contribution is 0.0938.